The molecule has 0 spiro atoms. The molecule has 0 saturated carbocycles. The van der Waals surface area contributed by atoms with Crippen LogP contribution in [0.1, 0.15) is 37.8 Å². The van der Waals surface area contributed by atoms with Crippen LogP contribution >= 0.6 is 0 Å². The molecular weight excluding hydrogens is 251 g/mol. The van der Waals surface area contributed by atoms with Crippen molar-refractivity contribution in [2.45, 2.75) is 33.2 Å². The lowest BCUT2D eigenvalue weighted by Crippen LogP contribution is -2.36. The zero-order valence-electron chi connectivity index (χ0n) is 12.4. The van der Waals surface area contributed by atoms with Crippen LogP contribution in [0.25, 0.3) is 0 Å². The monoisotopic (exact) mass is 274 g/mol. The number of hydrogen-bond donors (Lipinski definition) is 1. The van der Waals surface area contributed by atoms with Gasteiger partial charge in [-0.05, 0) is 55.1 Å². The van der Waals surface area contributed by atoms with E-state index in [9.17, 15) is 4.39 Å². The third kappa shape index (κ3) is 4.33. The number of rotatable bonds is 2. The van der Waals surface area contributed by atoms with Crippen molar-refractivity contribution in [1.29, 1.82) is 0 Å². The summed E-state index contributed by atoms with van der Waals surface area (Å²) in [6.45, 7) is 7.87. The van der Waals surface area contributed by atoms with E-state index < -0.39 is 0 Å². The summed E-state index contributed by atoms with van der Waals surface area (Å²) in [6, 6.07) is 5.03. The molecule has 1 saturated heterocycles. The van der Waals surface area contributed by atoms with Crippen LogP contribution in [0.5, 0.6) is 0 Å². The predicted molar refractivity (Wildman–Crippen MR) is 80.6 cm³/mol. The number of hydrogen-bond acceptors (Lipinski definition) is 2. The lowest BCUT2D eigenvalue weighted by molar-refractivity contribution is 0.127. The number of piperidine rings is 1. The van der Waals surface area contributed by atoms with Gasteiger partial charge in [-0.15, -0.1) is 0 Å². The summed E-state index contributed by atoms with van der Waals surface area (Å²) in [5, 5.41) is 0. The Kier molecular flexibility index (Phi) is 4.80. The van der Waals surface area contributed by atoms with Gasteiger partial charge in [-0.1, -0.05) is 25.7 Å². The second-order valence-electron chi connectivity index (χ2n) is 6.29. The molecule has 2 rings (SSSR count). The Morgan fingerprint density at radius 1 is 1.25 bits per heavy atom. The second-order valence-corrected chi connectivity index (χ2v) is 6.29. The molecule has 1 heterocycles. The Morgan fingerprint density at radius 3 is 2.60 bits per heavy atom. The Morgan fingerprint density at radius 2 is 1.95 bits per heavy atom. The van der Waals surface area contributed by atoms with Gasteiger partial charge in [-0.25, -0.2) is 4.39 Å². The van der Waals surface area contributed by atoms with Gasteiger partial charge in [0.2, 0.25) is 0 Å². The van der Waals surface area contributed by atoms with E-state index in [2.05, 4.69) is 30.6 Å². The Hall–Kier alpha value is -1.37. The maximum absolute atomic E-state index is 13.6. The highest BCUT2D eigenvalue weighted by Gasteiger charge is 2.25. The molecule has 1 aromatic rings. The topological polar surface area (TPSA) is 29.3 Å². The van der Waals surface area contributed by atoms with Gasteiger partial charge in [0.25, 0.3) is 0 Å². The van der Waals surface area contributed by atoms with Crippen molar-refractivity contribution >= 4 is 0 Å². The van der Waals surface area contributed by atoms with Crippen molar-refractivity contribution in [3.63, 3.8) is 0 Å². The molecule has 2 nitrogen and oxygen atoms in total. The molecule has 1 aliphatic rings. The van der Waals surface area contributed by atoms with E-state index >= 15 is 0 Å². The Bertz CT molecular complexity index is 516. The van der Waals surface area contributed by atoms with Crippen molar-refractivity contribution < 1.29 is 4.39 Å². The molecule has 1 aromatic carbocycles. The first-order chi connectivity index (χ1) is 9.48. The summed E-state index contributed by atoms with van der Waals surface area (Å²) in [5.74, 6) is 5.45. The number of halogens is 1. The maximum Gasteiger partial charge on any atom is 0.124 e. The molecule has 2 N–H and O–H groups in total. The Balaban J connectivity index is 2.04. The van der Waals surface area contributed by atoms with Crippen LogP contribution in [0.4, 0.5) is 4.39 Å². The van der Waals surface area contributed by atoms with E-state index in [4.69, 9.17) is 5.73 Å². The van der Waals surface area contributed by atoms with E-state index in [-0.39, 0.29) is 5.82 Å². The van der Waals surface area contributed by atoms with Crippen LogP contribution in [0.3, 0.4) is 0 Å². The molecule has 0 amide bonds. The minimum atomic E-state index is -0.221. The minimum Gasteiger partial charge on any atom is -0.320 e. The lowest BCUT2D eigenvalue weighted by atomic mass is 9.82. The smallest absolute Gasteiger partial charge is 0.124 e. The summed E-state index contributed by atoms with van der Waals surface area (Å²) in [6.07, 6.45) is 2.39. The average Bonchev–Trinajstić information content (AvgIpc) is 2.38. The SMILES string of the molecule is CC1(C)CCN(Cc2cc(F)cc(C#CCN)c2)CC1. The van der Waals surface area contributed by atoms with Crippen LogP contribution in [0, 0.1) is 23.1 Å². The quantitative estimate of drug-likeness (QED) is 0.840. The third-order valence-corrected chi connectivity index (χ3v) is 3.91. The van der Waals surface area contributed by atoms with Gasteiger partial charge in [0, 0.05) is 12.1 Å². The zero-order valence-corrected chi connectivity index (χ0v) is 12.4. The van der Waals surface area contributed by atoms with E-state index in [0.717, 1.165) is 25.2 Å². The molecule has 0 bridgehead atoms. The highest BCUT2D eigenvalue weighted by molar-refractivity contribution is 5.38. The van der Waals surface area contributed by atoms with Crippen LogP contribution in [-0.2, 0) is 6.54 Å². The molecule has 0 aromatic heterocycles. The summed E-state index contributed by atoms with van der Waals surface area (Å²) >= 11 is 0. The summed E-state index contributed by atoms with van der Waals surface area (Å²) in [5.41, 5.74) is 7.49. The van der Waals surface area contributed by atoms with Crippen molar-refractivity contribution in [3.8, 4) is 11.8 Å². The first kappa shape index (κ1) is 15.0. The normalized spacial score (nSPS) is 18.4. The lowest BCUT2D eigenvalue weighted by Gasteiger charge is -2.36. The molecule has 1 aliphatic heterocycles. The third-order valence-electron chi connectivity index (χ3n) is 3.91. The number of benzene rings is 1. The van der Waals surface area contributed by atoms with Gasteiger partial charge < -0.3 is 5.73 Å². The van der Waals surface area contributed by atoms with Crippen LogP contribution in [0.15, 0.2) is 18.2 Å². The van der Waals surface area contributed by atoms with Crippen molar-refractivity contribution in [1.82, 2.24) is 4.90 Å². The fourth-order valence-corrected chi connectivity index (χ4v) is 2.54. The summed E-state index contributed by atoms with van der Waals surface area (Å²) in [7, 11) is 0. The van der Waals surface area contributed by atoms with E-state index in [0.29, 0.717) is 17.5 Å². The summed E-state index contributed by atoms with van der Waals surface area (Å²) in [4.78, 5) is 2.39. The predicted octanol–water partition coefficient (Wildman–Crippen LogP) is 2.76. The average molecular weight is 274 g/mol. The first-order valence-electron chi connectivity index (χ1n) is 7.19. The minimum absolute atomic E-state index is 0.221. The number of nitrogens with two attached hydrogens (primary N) is 1. The molecule has 3 heteroatoms. The van der Waals surface area contributed by atoms with E-state index in [1.165, 1.54) is 18.9 Å². The van der Waals surface area contributed by atoms with Crippen molar-refractivity contribution in [2.24, 2.45) is 11.1 Å². The first-order valence-corrected chi connectivity index (χ1v) is 7.19. The van der Waals surface area contributed by atoms with Gasteiger partial charge in [0.05, 0.1) is 6.54 Å². The standard InChI is InChI=1S/C17H23FN2/c1-17(2)5-8-20(9-6-17)13-15-10-14(4-3-7-19)11-16(18)12-15/h10-12H,5-9,13,19H2,1-2H3. The van der Waals surface area contributed by atoms with Crippen LogP contribution in [-0.4, -0.2) is 24.5 Å². The van der Waals surface area contributed by atoms with Crippen LogP contribution < -0.4 is 5.73 Å². The van der Waals surface area contributed by atoms with Crippen LogP contribution in [0.2, 0.25) is 0 Å². The highest BCUT2D eigenvalue weighted by Crippen LogP contribution is 2.30. The van der Waals surface area contributed by atoms with Crippen molar-refractivity contribution in [3.05, 3.63) is 35.1 Å². The molecule has 20 heavy (non-hydrogen) atoms. The van der Waals surface area contributed by atoms with Gasteiger partial charge in [0.1, 0.15) is 5.82 Å². The zero-order chi connectivity index (χ0) is 14.6. The van der Waals surface area contributed by atoms with E-state index in [1.54, 1.807) is 6.07 Å². The molecule has 108 valence electrons. The molecule has 1 fully saturated rings. The van der Waals surface area contributed by atoms with Gasteiger partial charge >= 0.3 is 0 Å². The Labute approximate surface area is 121 Å². The van der Waals surface area contributed by atoms with E-state index in [1.807, 2.05) is 6.07 Å². The largest absolute Gasteiger partial charge is 0.320 e. The molecule has 0 unspecified atom stereocenters. The van der Waals surface area contributed by atoms with Gasteiger partial charge in [-0.3, -0.25) is 4.90 Å². The summed E-state index contributed by atoms with van der Waals surface area (Å²) < 4.78 is 13.6. The fraction of sp³-hybridized carbons (Fsp3) is 0.529. The number of likely N-dealkylation sites (tertiary alicyclic amines) is 1. The molecule has 0 aliphatic carbocycles. The molecular formula is C17H23FN2. The number of nitrogens with zero attached hydrogens (tertiary/aromatic N) is 1. The second kappa shape index (κ2) is 6.39. The van der Waals surface area contributed by atoms with Crippen molar-refractivity contribution in [2.75, 3.05) is 19.6 Å². The maximum atomic E-state index is 13.6. The van der Waals surface area contributed by atoms with Gasteiger partial charge in [-0.2, -0.15) is 0 Å². The van der Waals surface area contributed by atoms with Gasteiger partial charge in [0.15, 0.2) is 0 Å². The fourth-order valence-electron chi connectivity index (χ4n) is 2.54. The molecule has 0 atom stereocenters. The molecule has 0 radical (unpaired) electrons. The highest BCUT2D eigenvalue weighted by atomic mass is 19.1.